The first-order valence-electron chi connectivity index (χ1n) is 22.2. The number of carboxylic acids is 1. The lowest BCUT2D eigenvalue weighted by Gasteiger charge is -2.27. The molecule has 0 heterocycles. The van der Waals surface area contributed by atoms with Crippen LogP contribution >= 0.6 is 25.3 Å². The van der Waals surface area contributed by atoms with Crippen molar-refractivity contribution in [1.82, 2.24) is 37.2 Å². The third-order valence-corrected chi connectivity index (χ3v) is 10.9. The Kier molecular flexibility index (Phi) is 29.7. The summed E-state index contributed by atoms with van der Waals surface area (Å²) < 4.78 is 0. The molecule has 0 saturated heterocycles. The molecule has 8 amide bonds. The Morgan fingerprint density at radius 2 is 0.957 bits per heavy atom. The molecule has 0 spiro atoms. The van der Waals surface area contributed by atoms with E-state index < -0.39 is 108 Å². The van der Waals surface area contributed by atoms with E-state index in [1.54, 1.807) is 0 Å². The highest BCUT2D eigenvalue weighted by Crippen LogP contribution is 2.13. The Hall–Kier alpha value is -5.94. The number of hydrogen-bond donors (Lipinski definition) is 18. The van der Waals surface area contributed by atoms with Gasteiger partial charge in [-0.2, -0.15) is 25.3 Å². The van der Waals surface area contributed by atoms with Crippen LogP contribution in [0, 0.1) is 0 Å². The minimum Gasteiger partial charge on any atom is -0.508 e. The van der Waals surface area contributed by atoms with Gasteiger partial charge in [-0.25, -0.2) is 4.79 Å². The highest BCUT2D eigenvalue weighted by Gasteiger charge is 2.34. The topological polar surface area (TPSA) is 467 Å². The summed E-state index contributed by atoms with van der Waals surface area (Å²) in [6, 6.07) is -5.50. The Labute approximate surface area is 410 Å². The molecule has 0 saturated carbocycles. The van der Waals surface area contributed by atoms with Crippen LogP contribution in [0.4, 0.5) is 0 Å². The van der Waals surface area contributed by atoms with Crippen molar-refractivity contribution in [2.75, 3.05) is 37.7 Å². The second-order valence-electron chi connectivity index (χ2n) is 15.8. The monoisotopic (exact) mass is 1010 g/mol. The van der Waals surface area contributed by atoms with Crippen molar-refractivity contribution in [1.29, 1.82) is 0 Å². The maximum atomic E-state index is 13.9. The summed E-state index contributed by atoms with van der Waals surface area (Å²) >= 11 is 8.35. The number of carboxylic acid groups (broad SMARTS) is 1. The molecular weight excluding hydrogens is 945 g/mol. The molecule has 22 N–H and O–H groups in total. The Morgan fingerprint density at radius 3 is 1.42 bits per heavy atom. The number of benzene rings is 1. The predicted octanol–water partition coefficient (Wildman–Crippen LogP) is -5.83. The smallest absolute Gasteiger partial charge is 0.326 e. The van der Waals surface area contributed by atoms with E-state index in [4.69, 9.17) is 34.4 Å². The number of nitrogens with zero attached hydrogens (tertiary/aromatic N) is 1. The van der Waals surface area contributed by atoms with Crippen molar-refractivity contribution in [3.63, 3.8) is 0 Å². The number of phenolic OH excluding ortho intramolecular Hbond substituents is 1. The fourth-order valence-corrected chi connectivity index (χ4v) is 6.80. The summed E-state index contributed by atoms with van der Waals surface area (Å²) in [5.74, 6) is -9.41. The number of carbonyl (C=O) groups excluding carboxylic acids is 8. The predicted molar refractivity (Wildman–Crippen MR) is 260 cm³/mol. The number of aliphatic carboxylic acids is 1. The van der Waals surface area contributed by atoms with E-state index in [1.807, 2.05) is 0 Å². The first kappa shape index (κ1) is 61.1. The number of nitrogens with one attached hydrogen (secondary N) is 7. The van der Waals surface area contributed by atoms with E-state index in [0.717, 1.165) is 0 Å². The van der Waals surface area contributed by atoms with Crippen LogP contribution in [0.2, 0.25) is 0 Å². The lowest BCUT2D eigenvalue weighted by Crippen LogP contribution is -2.61. The quantitative estimate of drug-likeness (QED) is 0.0130. The number of carbonyl (C=O) groups is 9. The Balaban J connectivity index is 3.26. The summed E-state index contributed by atoms with van der Waals surface area (Å²) in [6.45, 7) is -0.369. The SMILES string of the molecule is NCCCC[C@H](NC(=O)[C@H](CCCN=C(N)N)NC(=O)[C@H](CO)NC(=O)[C@H](CS)NC(=O)[C@H](CS)NC(=O)[C@H](Cc1ccc(O)cc1)NC(=O)[C@H](CCCCN)NC(=O)[C@@H](N)CCC(N)=O)C(=O)O. The fourth-order valence-electron chi connectivity index (χ4n) is 6.28. The number of rotatable bonds is 35. The Morgan fingerprint density at radius 1 is 0.551 bits per heavy atom. The standard InChI is InChI=1S/C41H70N14O12S2/c42-15-3-1-6-25(49-33(59)24(44)13-14-32(45)58)35(61)52-28(18-22-9-11-23(57)12-10-22)36(62)54-31(21-69)39(65)55-30(20-68)38(64)53-29(19-56)37(63)50-26(8-5-17-48-41(46)47)34(60)51-27(40(66)67)7-2-4-16-43/h9-12,24-31,56-57,68-69H,1-8,13-21,42-44H2,(H2,45,58)(H,49,59)(H,50,63)(H,51,60)(H,52,61)(H,53,64)(H,54,62)(H,55,65)(H,66,67)(H4,46,47,48)/t24-,25-,26-,27-,28-,29-,30-,31-/m0/s1. The average Bonchev–Trinajstić information content (AvgIpc) is 3.30. The number of nitrogens with two attached hydrogens (primary N) is 6. The number of aliphatic hydroxyl groups excluding tert-OH is 1. The largest absolute Gasteiger partial charge is 0.508 e. The molecule has 0 radical (unpaired) electrons. The van der Waals surface area contributed by atoms with Crippen molar-refractivity contribution in [3.05, 3.63) is 29.8 Å². The molecule has 1 aromatic carbocycles. The van der Waals surface area contributed by atoms with Crippen molar-refractivity contribution < 1.29 is 58.5 Å². The van der Waals surface area contributed by atoms with Crippen LogP contribution in [0.1, 0.15) is 69.8 Å². The van der Waals surface area contributed by atoms with E-state index >= 15 is 0 Å². The molecule has 0 bridgehead atoms. The number of thiol groups is 2. The van der Waals surface area contributed by atoms with Gasteiger partial charge in [-0.3, -0.25) is 43.3 Å². The normalized spacial score (nSPS) is 14.4. The van der Waals surface area contributed by atoms with Crippen LogP contribution in [0.3, 0.4) is 0 Å². The van der Waals surface area contributed by atoms with Crippen molar-refractivity contribution >= 4 is 84.4 Å². The molecule has 0 aliphatic heterocycles. The van der Waals surface area contributed by atoms with E-state index in [2.05, 4.69) is 67.5 Å². The average molecular weight is 1020 g/mol. The van der Waals surface area contributed by atoms with E-state index in [0.29, 0.717) is 37.8 Å². The molecule has 28 heteroatoms. The number of aliphatic imine (C=N–C) groups is 1. The zero-order valence-corrected chi connectivity index (χ0v) is 40.1. The number of aliphatic hydroxyl groups is 1. The fraction of sp³-hybridized carbons (Fsp3) is 0.610. The van der Waals surface area contributed by atoms with Crippen LogP contribution in [0.15, 0.2) is 29.3 Å². The molecule has 0 aliphatic rings. The number of guanidine groups is 1. The number of unbranched alkanes of at least 4 members (excludes halogenated alkanes) is 2. The third kappa shape index (κ3) is 24.3. The molecule has 0 fully saturated rings. The van der Waals surface area contributed by atoms with Crippen molar-refractivity contribution in [2.24, 2.45) is 39.4 Å². The summed E-state index contributed by atoms with van der Waals surface area (Å²) in [5.41, 5.74) is 33.4. The lowest BCUT2D eigenvalue weighted by molar-refractivity contribution is -0.142. The molecule has 0 aliphatic carbocycles. The zero-order valence-electron chi connectivity index (χ0n) is 38.3. The van der Waals surface area contributed by atoms with Gasteiger partial charge in [-0.05, 0) is 88.6 Å². The first-order valence-corrected chi connectivity index (χ1v) is 23.4. The van der Waals surface area contributed by atoms with Crippen molar-refractivity contribution in [2.45, 2.75) is 119 Å². The van der Waals surface area contributed by atoms with E-state index in [-0.39, 0.29) is 81.3 Å². The van der Waals surface area contributed by atoms with Crippen LogP contribution in [0.5, 0.6) is 5.75 Å². The molecule has 8 atom stereocenters. The van der Waals surface area contributed by atoms with Gasteiger partial charge in [0.25, 0.3) is 0 Å². The first-order chi connectivity index (χ1) is 32.7. The summed E-state index contributed by atoms with van der Waals surface area (Å²) in [7, 11) is 0. The number of hydrogen-bond acceptors (Lipinski definition) is 17. The van der Waals surface area contributed by atoms with Crippen LogP contribution in [-0.2, 0) is 49.6 Å². The summed E-state index contributed by atoms with van der Waals surface area (Å²) in [6.07, 6.45) is 1.46. The number of amides is 8. The van der Waals surface area contributed by atoms with Gasteiger partial charge in [0.05, 0.1) is 12.6 Å². The van der Waals surface area contributed by atoms with Gasteiger partial charge in [-0.15, -0.1) is 0 Å². The van der Waals surface area contributed by atoms with Crippen molar-refractivity contribution in [3.8, 4) is 5.75 Å². The van der Waals surface area contributed by atoms with Gasteiger partial charge in [-0.1, -0.05) is 12.1 Å². The molecule has 26 nitrogen and oxygen atoms in total. The van der Waals surface area contributed by atoms with Gasteiger partial charge < -0.3 is 86.9 Å². The maximum absolute atomic E-state index is 13.9. The van der Waals surface area contributed by atoms with Gasteiger partial charge in [0, 0.05) is 30.9 Å². The second kappa shape index (κ2) is 33.5. The van der Waals surface area contributed by atoms with E-state index in [1.165, 1.54) is 24.3 Å². The van der Waals surface area contributed by atoms with Crippen LogP contribution < -0.4 is 71.6 Å². The van der Waals surface area contributed by atoms with Crippen LogP contribution in [0.25, 0.3) is 0 Å². The Bertz CT molecular complexity index is 1880. The molecule has 0 unspecified atom stereocenters. The van der Waals surface area contributed by atoms with Gasteiger partial charge in [0.1, 0.15) is 48.0 Å². The van der Waals surface area contributed by atoms with Gasteiger partial charge in [0.15, 0.2) is 5.96 Å². The van der Waals surface area contributed by atoms with Crippen LogP contribution in [-0.4, -0.2) is 161 Å². The molecule has 69 heavy (non-hydrogen) atoms. The minimum atomic E-state index is -1.70. The highest BCUT2D eigenvalue weighted by atomic mass is 32.1. The van der Waals surface area contributed by atoms with E-state index in [9.17, 15) is 58.5 Å². The molecular formula is C41H70N14O12S2. The maximum Gasteiger partial charge on any atom is 0.326 e. The number of phenols is 1. The molecule has 1 rings (SSSR count). The molecule has 388 valence electrons. The highest BCUT2D eigenvalue weighted by molar-refractivity contribution is 7.80. The number of aromatic hydroxyl groups is 1. The summed E-state index contributed by atoms with van der Waals surface area (Å²) in [5, 5.41) is 46.7. The zero-order chi connectivity index (χ0) is 52.1. The molecule has 0 aromatic heterocycles. The summed E-state index contributed by atoms with van der Waals surface area (Å²) in [4.78, 5) is 121. The third-order valence-electron chi connectivity index (χ3n) is 10.2. The molecule has 1 aromatic rings. The number of primary amides is 1. The van der Waals surface area contributed by atoms with Gasteiger partial charge in [0.2, 0.25) is 47.3 Å². The van der Waals surface area contributed by atoms with Gasteiger partial charge >= 0.3 is 5.97 Å². The lowest BCUT2D eigenvalue weighted by atomic mass is 10.0. The second-order valence-corrected chi connectivity index (χ2v) is 16.5. The minimum absolute atomic E-state index is 0.0406.